The van der Waals surface area contributed by atoms with Gasteiger partial charge in [0, 0.05) is 36.1 Å². The highest BCUT2D eigenvalue weighted by atomic mass is 35.7. The van der Waals surface area contributed by atoms with Gasteiger partial charge in [0.1, 0.15) is 0 Å². The molecule has 1 heterocycles. The minimum Gasteiger partial charge on any atom is -0.342 e. The summed E-state index contributed by atoms with van der Waals surface area (Å²) in [4.78, 5) is 13.8. The SMILES string of the molecule is O=C1CC(CS(=O)(=O)Cl)CN1CC1CC2C=CC1C2. The molecule has 2 fully saturated rings. The Morgan fingerprint density at radius 1 is 1.32 bits per heavy atom. The average molecular weight is 304 g/mol. The van der Waals surface area contributed by atoms with Crippen LogP contribution in [0.15, 0.2) is 12.2 Å². The van der Waals surface area contributed by atoms with Crippen molar-refractivity contribution in [3.63, 3.8) is 0 Å². The summed E-state index contributed by atoms with van der Waals surface area (Å²) in [6, 6.07) is 0. The molecule has 4 nitrogen and oxygen atoms in total. The van der Waals surface area contributed by atoms with E-state index in [2.05, 4.69) is 12.2 Å². The molecule has 3 aliphatic rings. The Morgan fingerprint density at radius 3 is 2.68 bits per heavy atom. The zero-order valence-electron chi connectivity index (χ0n) is 10.7. The maximum absolute atomic E-state index is 11.9. The molecule has 19 heavy (non-hydrogen) atoms. The normalized spacial score (nSPS) is 37.5. The van der Waals surface area contributed by atoms with Crippen molar-refractivity contribution in [1.82, 2.24) is 4.90 Å². The standard InChI is InChI=1S/C13H18ClNO3S/c14-19(17,18)8-10-5-13(16)15(6-10)7-12-4-9-1-2-11(12)3-9/h1-2,9-12H,3-8H2. The lowest BCUT2D eigenvalue weighted by molar-refractivity contribution is -0.128. The summed E-state index contributed by atoms with van der Waals surface area (Å²) in [5, 5.41) is 0. The Kier molecular flexibility index (Phi) is 3.38. The topological polar surface area (TPSA) is 54.5 Å². The molecule has 2 aliphatic carbocycles. The molecule has 106 valence electrons. The van der Waals surface area contributed by atoms with Gasteiger partial charge in [0.25, 0.3) is 0 Å². The molecular formula is C13H18ClNO3S. The van der Waals surface area contributed by atoms with Crippen molar-refractivity contribution in [2.24, 2.45) is 23.7 Å². The van der Waals surface area contributed by atoms with E-state index in [0.717, 1.165) is 6.54 Å². The molecular weight excluding hydrogens is 286 g/mol. The number of halogens is 1. The Labute approximate surface area is 118 Å². The van der Waals surface area contributed by atoms with Gasteiger partial charge < -0.3 is 4.90 Å². The number of nitrogens with zero attached hydrogens (tertiary/aromatic N) is 1. The summed E-state index contributed by atoms with van der Waals surface area (Å²) < 4.78 is 22.2. The van der Waals surface area contributed by atoms with Gasteiger partial charge >= 0.3 is 0 Å². The first-order valence-corrected chi connectivity index (χ1v) is 9.27. The fraction of sp³-hybridized carbons (Fsp3) is 0.769. The van der Waals surface area contributed by atoms with E-state index in [4.69, 9.17) is 10.7 Å². The van der Waals surface area contributed by atoms with Crippen molar-refractivity contribution >= 4 is 25.6 Å². The van der Waals surface area contributed by atoms with Gasteiger partial charge in [-0.25, -0.2) is 8.42 Å². The molecule has 3 rings (SSSR count). The summed E-state index contributed by atoms with van der Waals surface area (Å²) in [6.45, 7) is 1.32. The zero-order valence-corrected chi connectivity index (χ0v) is 12.2. The summed E-state index contributed by atoms with van der Waals surface area (Å²) in [6.07, 6.45) is 7.29. The molecule has 0 aromatic rings. The highest BCUT2D eigenvalue weighted by Crippen LogP contribution is 2.44. The van der Waals surface area contributed by atoms with E-state index < -0.39 is 9.05 Å². The molecule has 4 atom stereocenters. The van der Waals surface area contributed by atoms with E-state index in [9.17, 15) is 13.2 Å². The van der Waals surface area contributed by atoms with Crippen LogP contribution in [0.1, 0.15) is 19.3 Å². The first-order chi connectivity index (χ1) is 8.90. The Balaban J connectivity index is 1.57. The second kappa shape index (κ2) is 4.77. The fourth-order valence-corrected chi connectivity index (χ4v) is 5.13. The molecule has 4 unspecified atom stereocenters. The maximum atomic E-state index is 11.9. The summed E-state index contributed by atoms with van der Waals surface area (Å²) in [7, 11) is 1.76. The molecule has 1 amide bonds. The summed E-state index contributed by atoms with van der Waals surface area (Å²) in [5.74, 6) is 1.74. The van der Waals surface area contributed by atoms with E-state index in [1.165, 1.54) is 12.8 Å². The van der Waals surface area contributed by atoms with Crippen molar-refractivity contribution in [2.75, 3.05) is 18.8 Å². The Morgan fingerprint density at radius 2 is 2.11 bits per heavy atom. The van der Waals surface area contributed by atoms with Gasteiger partial charge in [-0.2, -0.15) is 0 Å². The first kappa shape index (κ1) is 13.4. The number of fused-ring (bicyclic) bond motifs is 2. The average Bonchev–Trinajstić information content (AvgIpc) is 2.93. The quantitative estimate of drug-likeness (QED) is 0.586. The third-order valence-corrected chi connectivity index (χ3v) is 5.85. The Hall–Kier alpha value is -0.550. The maximum Gasteiger partial charge on any atom is 0.232 e. The molecule has 1 aliphatic heterocycles. The van der Waals surface area contributed by atoms with Crippen LogP contribution >= 0.6 is 10.7 Å². The lowest BCUT2D eigenvalue weighted by Gasteiger charge is -2.25. The van der Waals surface area contributed by atoms with Gasteiger partial charge in [-0.3, -0.25) is 4.79 Å². The van der Waals surface area contributed by atoms with Crippen molar-refractivity contribution in [1.29, 1.82) is 0 Å². The molecule has 0 aromatic carbocycles. The highest BCUT2D eigenvalue weighted by Gasteiger charge is 2.39. The summed E-state index contributed by atoms with van der Waals surface area (Å²) in [5.41, 5.74) is 0. The molecule has 6 heteroatoms. The van der Waals surface area contributed by atoms with Crippen LogP contribution in [-0.2, 0) is 13.8 Å². The zero-order chi connectivity index (χ0) is 13.6. The monoisotopic (exact) mass is 303 g/mol. The van der Waals surface area contributed by atoms with E-state index in [-0.39, 0.29) is 17.6 Å². The van der Waals surface area contributed by atoms with Crippen molar-refractivity contribution in [3.8, 4) is 0 Å². The van der Waals surface area contributed by atoms with Crippen LogP contribution in [0.2, 0.25) is 0 Å². The number of allylic oxidation sites excluding steroid dienone is 2. The van der Waals surface area contributed by atoms with Crippen molar-refractivity contribution in [2.45, 2.75) is 19.3 Å². The van der Waals surface area contributed by atoms with Gasteiger partial charge in [0.2, 0.25) is 15.0 Å². The van der Waals surface area contributed by atoms with Crippen molar-refractivity contribution < 1.29 is 13.2 Å². The predicted octanol–water partition coefficient (Wildman–Crippen LogP) is 1.62. The van der Waals surface area contributed by atoms with Crippen LogP contribution in [0.3, 0.4) is 0 Å². The van der Waals surface area contributed by atoms with Crippen LogP contribution in [0.25, 0.3) is 0 Å². The molecule has 0 N–H and O–H groups in total. The number of hydrogen-bond donors (Lipinski definition) is 0. The van der Waals surface area contributed by atoms with E-state index in [1.807, 2.05) is 4.90 Å². The van der Waals surface area contributed by atoms with Gasteiger partial charge in [0.15, 0.2) is 0 Å². The van der Waals surface area contributed by atoms with Gasteiger partial charge in [-0.1, -0.05) is 12.2 Å². The lowest BCUT2D eigenvalue weighted by atomic mass is 9.93. The van der Waals surface area contributed by atoms with Gasteiger partial charge in [0.05, 0.1) is 5.75 Å². The number of carbonyl (C=O) groups is 1. The number of hydrogen-bond acceptors (Lipinski definition) is 3. The second-order valence-corrected chi connectivity index (χ2v) is 8.94. The first-order valence-electron chi connectivity index (χ1n) is 6.79. The minimum absolute atomic E-state index is 0.0806. The van der Waals surface area contributed by atoms with E-state index in [1.54, 1.807) is 0 Å². The number of carbonyl (C=O) groups excluding carboxylic acids is 1. The largest absolute Gasteiger partial charge is 0.342 e. The van der Waals surface area contributed by atoms with Gasteiger partial charge in [-0.05, 0) is 30.6 Å². The molecule has 1 saturated carbocycles. The minimum atomic E-state index is -3.51. The van der Waals surface area contributed by atoms with Crippen molar-refractivity contribution in [3.05, 3.63) is 12.2 Å². The molecule has 2 bridgehead atoms. The number of likely N-dealkylation sites (tertiary alicyclic amines) is 1. The van der Waals surface area contributed by atoms with Gasteiger partial charge in [-0.15, -0.1) is 0 Å². The summed E-state index contributed by atoms with van der Waals surface area (Å²) >= 11 is 0. The molecule has 1 saturated heterocycles. The van der Waals surface area contributed by atoms with Crippen LogP contribution < -0.4 is 0 Å². The number of amides is 1. The third kappa shape index (κ3) is 2.97. The van der Waals surface area contributed by atoms with Crippen LogP contribution in [-0.4, -0.2) is 38.1 Å². The predicted molar refractivity (Wildman–Crippen MR) is 73.2 cm³/mol. The number of rotatable bonds is 4. The van der Waals surface area contributed by atoms with E-state index >= 15 is 0 Å². The molecule has 0 radical (unpaired) electrons. The molecule has 0 spiro atoms. The Bertz CT molecular complexity index is 516. The van der Waals surface area contributed by atoms with E-state index in [0.29, 0.717) is 30.7 Å². The molecule has 0 aromatic heterocycles. The van der Waals surface area contributed by atoms with Crippen LogP contribution in [0, 0.1) is 23.7 Å². The van der Waals surface area contributed by atoms with Crippen LogP contribution in [0.4, 0.5) is 0 Å². The fourth-order valence-electron chi connectivity index (χ4n) is 3.81. The second-order valence-electron chi connectivity index (χ2n) is 6.11. The smallest absolute Gasteiger partial charge is 0.232 e. The lowest BCUT2D eigenvalue weighted by Crippen LogP contribution is -2.32. The van der Waals surface area contributed by atoms with Crippen LogP contribution in [0.5, 0.6) is 0 Å². The third-order valence-electron chi connectivity index (χ3n) is 4.60. The highest BCUT2D eigenvalue weighted by molar-refractivity contribution is 8.13.